The van der Waals surface area contributed by atoms with E-state index in [4.69, 9.17) is 5.11 Å². The Kier molecular flexibility index (Phi) is 5.25. The maximum Gasteiger partial charge on any atom is 0.238 e. The van der Waals surface area contributed by atoms with E-state index in [2.05, 4.69) is 10.6 Å². The number of nitrogens with one attached hydrogen (secondary N) is 2. The maximum absolute atomic E-state index is 13.2. The van der Waals surface area contributed by atoms with Gasteiger partial charge in [0.25, 0.3) is 0 Å². The van der Waals surface area contributed by atoms with E-state index >= 15 is 0 Å². The molecule has 0 aromatic heterocycles. The van der Waals surface area contributed by atoms with Gasteiger partial charge < -0.3 is 15.7 Å². The molecule has 0 spiro atoms. The van der Waals surface area contributed by atoms with Crippen LogP contribution in [0.3, 0.4) is 0 Å². The Balaban J connectivity index is 2.37. The SMILES string of the molecule is CC(C)(CO)CNCC(=O)Nc1ccccc1F. The summed E-state index contributed by atoms with van der Waals surface area (Å²) < 4.78 is 13.2. The number of rotatable bonds is 6. The van der Waals surface area contributed by atoms with E-state index in [1.807, 2.05) is 13.8 Å². The molecule has 1 aromatic rings. The Morgan fingerprint density at radius 1 is 1.39 bits per heavy atom. The van der Waals surface area contributed by atoms with E-state index < -0.39 is 5.82 Å². The highest BCUT2D eigenvalue weighted by Gasteiger charge is 2.16. The molecular formula is C13H19FN2O2. The van der Waals surface area contributed by atoms with Crippen molar-refractivity contribution in [1.82, 2.24) is 5.32 Å². The van der Waals surface area contributed by atoms with Crippen LogP contribution in [0.2, 0.25) is 0 Å². The Bertz CT molecular complexity index is 408. The lowest BCUT2D eigenvalue weighted by Gasteiger charge is -2.21. The second kappa shape index (κ2) is 6.47. The van der Waals surface area contributed by atoms with Gasteiger partial charge in [-0.3, -0.25) is 4.79 Å². The van der Waals surface area contributed by atoms with Gasteiger partial charge in [-0.1, -0.05) is 26.0 Å². The van der Waals surface area contributed by atoms with Crippen LogP contribution < -0.4 is 10.6 Å². The maximum atomic E-state index is 13.2. The molecule has 5 heteroatoms. The summed E-state index contributed by atoms with van der Waals surface area (Å²) in [6, 6.07) is 6.01. The Hall–Kier alpha value is -1.46. The topological polar surface area (TPSA) is 61.4 Å². The van der Waals surface area contributed by atoms with Crippen LogP contribution in [-0.4, -0.2) is 30.7 Å². The Morgan fingerprint density at radius 2 is 2.06 bits per heavy atom. The van der Waals surface area contributed by atoms with Gasteiger partial charge in [0.1, 0.15) is 5.82 Å². The van der Waals surface area contributed by atoms with Crippen LogP contribution in [0.1, 0.15) is 13.8 Å². The fourth-order valence-corrected chi connectivity index (χ4v) is 1.33. The average molecular weight is 254 g/mol. The van der Waals surface area contributed by atoms with Crippen molar-refractivity contribution >= 4 is 11.6 Å². The first-order chi connectivity index (χ1) is 8.44. The number of amides is 1. The van der Waals surface area contributed by atoms with Gasteiger partial charge in [-0.25, -0.2) is 4.39 Å². The van der Waals surface area contributed by atoms with E-state index in [9.17, 15) is 9.18 Å². The second-order valence-electron chi connectivity index (χ2n) is 4.95. The van der Waals surface area contributed by atoms with Crippen LogP contribution in [0.25, 0.3) is 0 Å². The minimum absolute atomic E-state index is 0.0366. The van der Waals surface area contributed by atoms with Crippen LogP contribution in [0.5, 0.6) is 0 Å². The number of para-hydroxylation sites is 1. The highest BCUT2D eigenvalue weighted by atomic mass is 19.1. The van der Waals surface area contributed by atoms with Gasteiger partial charge in [0.05, 0.1) is 12.2 Å². The zero-order valence-electron chi connectivity index (χ0n) is 10.7. The monoisotopic (exact) mass is 254 g/mol. The molecule has 0 unspecified atom stereocenters. The highest BCUT2D eigenvalue weighted by Crippen LogP contribution is 2.12. The minimum Gasteiger partial charge on any atom is -0.396 e. The van der Waals surface area contributed by atoms with Crippen molar-refractivity contribution in [2.75, 3.05) is 25.0 Å². The van der Waals surface area contributed by atoms with E-state index in [0.717, 1.165) is 0 Å². The predicted molar refractivity (Wildman–Crippen MR) is 68.8 cm³/mol. The predicted octanol–water partition coefficient (Wildman–Crippen LogP) is 1.37. The largest absolute Gasteiger partial charge is 0.396 e. The molecule has 0 radical (unpaired) electrons. The molecular weight excluding hydrogens is 235 g/mol. The van der Waals surface area contributed by atoms with Crippen LogP contribution in [0.4, 0.5) is 10.1 Å². The van der Waals surface area contributed by atoms with Crippen LogP contribution in [0, 0.1) is 11.2 Å². The minimum atomic E-state index is -0.457. The zero-order valence-corrected chi connectivity index (χ0v) is 10.7. The molecule has 0 heterocycles. The van der Waals surface area contributed by atoms with Crippen molar-refractivity contribution < 1.29 is 14.3 Å². The molecule has 0 aliphatic carbocycles. The molecule has 1 rings (SSSR count). The first kappa shape index (κ1) is 14.6. The molecule has 100 valence electrons. The number of hydrogen-bond donors (Lipinski definition) is 3. The van der Waals surface area contributed by atoms with Gasteiger partial charge >= 0.3 is 0 Å². The number of halogens is 1. The first-order valence-corrected chi connectivity index (χ1v) is 5.80. The number of aliphatic hydroxyl groups excluding tert-OH is 1. The molecule has 0 aliphatic rings. The van der Waals surface area contributed by atoms with Crippen LogP contribution >= 0.6 is 0 Å². The van der Waals surface area contributed by atoms with Crippen molar-refractivity contribution in [1.29, 1.82) is 0 Å². The summed E-state index contributed by atoms with van der Waals surface area (Å²) in [6.45, 7) is 4.39. The standard InChI is InChI=1S/C13H19FN2O2/c1-13(2,9-17)8-15-7-12(18)16-11-6-4-3-5-10(11)14/h3-6,15,17H,7-9H2,1-2H3,(H,16,18). The molecule has 4 nitrogen and oxygen atoms in total. The number of carbonyl (C=O) groups excluding carboxylic acids is 1. The molecule has 0 bridgehead atoms. The van der Waals surface area contributed by atoms with Gasteiger partial charge in [0.2, 0.25) is 5.91 Å². The average Bonchev–Trinajstić information content (AvgIpc) is 2.32. The zero-order chi connectivity index (χ0) is 13.6. The molecule has 1 aromatic carbocycles. The number of carbonyl (C=O) groups is 1. The molecule has 3 N–H and O–H groups in total. The van der Waals surface area contributed by atoms with Crippen LogP contribution in [0.15, 0.2) is 24.3 Å². The third kappa shape index (κ3) is 4.81. The van der Waals surface area contributed by atoms with Crippen LogP contribution in [-0.2, 0) is 4.79 Å². The van der Waals surface area contributed by atoms with Crippen molar-refractivity contribution in [2.24, 2.45) is 5.41 Å². The normalized spacial score (nSPS) is 11.3. The van der Waals surface area contributed by atoms with Crippen molar-refractivity contribution in [3.8, 4) is 0 Å². The van der Waals surface area contributed by atoms with Crippen molar-refractivity contribution in [3.63, 3.8) is 0 Å². The second-order valence-corrected chi connectivity index (χ2v) is 4.95. The molecule has 18 heavy (non-hydrogen) atoms. The summed E-state index contributed by atoms with van der Waals surface area (Å²) in [4.78, 5) is 11.5. The lowest BCUT2D eigenvalue weighted by Crippen LogP contribution is -2.37. The van der Waals surface area contributed by atoms with Gasteiger partial charge in [0, 0.05) is 18.6 Å². The quantitative estimate of drug-likeness (QED) is 0.718. The molecule has 0 fully saturated rings. The lowest BCUT2D eigenvalue weighted by molar-refractivity contribution is -0.115. The van der Waals surface area contributed by atoms with Gasteiger partial charge in [-0.15, -0.1) is 0 Å². The molecule has 0 saturated heterocycles. The van der Waals surface area contributed by atoms with E-state index in [0.29, 0.717) is 6.54 Å². The Morgan fingerprint density at radius 3 is 2.67 bits per heavy atom. The molecule has 1 amide bonds. The van der Waals surface area contributed by atoms with E-state index in [1.54, 1.807) is 12.1 Å². The smallest absolute Gasteiger partial charge is 0.238 e. The molecule has 0 aliphatic heterocycles. The highest BCUT2D eigenvalue weighted by molar-refractivity contribution is 5.92. The molecule has 0 atom stereocenters. The summed E-state index contributed by atoms with van der Waals surface area (Å²) in [6.07, 6.45) is 0. The van der Waals surface area contributed by atoms with Gasteiger partial charge in [-0.2, -0.15) is 0 Å². The summed E-state index contributed by atoms with van der Waals surface area (Å²) in [5.41, 5.74) is -0.108. The van der Waals surface area contributed by atoms with Gasteiger partial charge in [-0.05, 0) is 12.1 Å². The van der Waals surface area contributed by atoms with E-state index in [1.165, 1.54) is 12.1 Å². The first-order valence-electron chi connectivity index (χ1n) is 5.80. The van der Waals surface area contributed by atoms with Crippen molar-refractivity contribution in [3.05, 3.63) is 30.1 Å². The number of aliphatic hydroxyl groups is 1. The number of hydrogen-bond acceptors (Lipinski definition) is 3. The fraction of sp³-hybridized carbons (Fsp3) is 0.462. The van der Waals surface area contributed by atoms with Crippen molar-refractivity contribution in [2.45, 2.75) is 13.8 Å². The molecule has 0 saturated carbocycles. The summed E-state index contributed by atoms with van der Waals surface area (Å²) in [7, 11) is 0. The summed E-state index contributed by atoms with van der Waals surface area (Å²) >= 11 is 0. The number of anilines is 1. The summed E-state index contributed by atoms with van der Waals surface area (Å²) in [5, 5.41) is 14.4. The van der Waals surface area contributed by atoms with E-state index in [-0.39, 0.29) is 30.2 Å². The lowest BCUT2D eigenvalue weighted by atomic mass is 9.95. The summed E-state index contributed by atoms with van der Waals surface area (Å²) in [5.74, 6) is -0.768. The third-order valence-electron chi connectivity index (χ3n) is 2.47. The number of benzene rings is 1. The van der Waals surface area contributed by atoms with Gasteiger partial charge in [0.15, 0.2) is 0 Å². The fourth-order valence-electron chi connectivity index (χ4n) is 1.33. The third-order valence-corrected chi connectivity index (χ3v) is 2.47. The Labute approximate surface area is 106 Å².